The highest BCUT2D eigenvalue weighted by Gasteiger charge is 2.15. The number of hydrogen-bond donors (Lipinski definition) is 2. The van der Waals surface area contributed by atoms with Crippen molar-refractivity contribution in [2.24, 2.45) is 0 Å². The summed E-state index contributed by atoms with van der Waals surface area (Å²) in [4.78, 5) is 25.2. The number of nitriles is 1. The molecule has 0 spiro atoms. The van der Waals surface area contributed by atoms with Gasteiger partial charge < -0.3 is 10.1 Å². The van der Waals surface area contributed by atoms with Crippen molar-refractivity contribution in [3.63, 3.8) is 0 Å². The second-order valence-corrected chi connectivity index (χ2v) is 6.87. The molecule has 0 aliphatic carbocycles. The average Bonchev–Trinajstić information content (AvgIpc) is 2.79. The number of nitrogens with zero attached hydrogens (tertiary/aromatic N) is 2. The number of para-hydroxylation sites is 1. The van der Waals surface area contributed by atoms with Gasteiger partial charge in [0.15, 0.2) is 5.69 Å². The zero-order valence-corrected chi connectivity index (χ0v) is 16.5. The highest BCUT2D eigenvalue weighted by atomic mass is 16.5. The number of carbonyl (C=O) groups is 1. The molecule has 0 unspecified atom stereocenters. The van der Waals surface area contributed by atoms with Crippen LogP contribution in [0.2, 0.25) is 0 Å². The van der Waals surface area contributed by atoms with E-state index < -0.39 is 11.3 Å². The lowest BCUT2D eigenvalue weighted by Crippen LogP contribution is -2.24. The molecule has 0 fully saturated rings. The molecule has 7 nitrogen and oxygen atoms in total. The molecular weight excluding hydrogens is 392 g/mol. The molecule has 152 valence electrons. The Morgan fingerprint density at radius 2 is 1.84 bits per heavy atom. The molecule has 3 aromatic carbocycles. The minimum Gasteiger partial charge on any atom is -0.489 e. The number of rotatable bonds is 6. The van der Waals surface area contributed by atoms with Crippen LogP contribution in [0.15, 0.2) is 77.6 Å². The zero-order chi connectivity index (χ0) is 21.6. The average molecular weight is 410 g/mol. The van der Waals surface area contributed by atoms with Gasteiger partial charge in [-0.15, -0.1) is 0 Å². The summed E-state index contributed by atoms with van der Waals surface area (Å²) in [5.41, 5.74) is 2.26. The van der Waals surface area contributed by atoms with Gasteiger partial charge in [0, 0.05) is 11.1 Å². The molecular formula is C24H18N4O3. The number of nitrogens with one attached hydrogen (secondary N) is 2. The standard InChI is InChI=1S/C24H18N4O3/c25-13-12-16-8-10-19(11-9-16)31-15-17-4-3-5-18(14-17)26-24(30)22-23(29)20-6-1-2-7-21(20)27-28-22/h1-11,14H,12,15H2,(H,26,30)(H,27,29). The van der Waals surface area contributed by atoms with Gasteiger partial charge in [-0.3, -0.25) is 14.7 Å². The third-order valence-corrected chi connectivity index (χ3v) is 4.69. The number of benzene rings is 3. The van der Waals surface area contributed by atoms with Crippen LogP contribution in [0.4, 0.5) is 5.69 Å². The minimum absolute atomic E-state index is 0.196. The van der Waals surface area contributed by atoms with E-state index in [-0.39, 0.29) is 5.69 Å². The topological polar surface area (TPSA) is 108 Å². The summed E-state index contributed by atoms with van der Waals surface area (Å²) in [6, 6.07) is 23.5. The Kier molecular flexibility index (Phi) is 5.72. The van der Waals surface area contributed by atoms with E-state index in [1.165, 1.54) is 0 Å². The molecule has 4 rings (SSSR count). The monoisotopic (exact) mass is 410 g/mol. The quantitative estimate of drug-likeness (QED) is 0.502. The fourth-order valence-corrected chi connectivity index (χ4v) is 3.12. The van der Waals surface area contributed by atoms with Gasteiger partial charge in [-0.05, 0) is 47.5 Å². The number of anilines is 1. The highest BCUT2D eigenvalue weighted by Crippen LogP contribution is 2.17. The van der Waals surface area contributed by atoms with Gasteiger partial charge >= 0.3 is 0 Å². The number of carbonyl (C=O) groups excluding carboxylic acids is 1. The molecule has 4 aromatic rings. The summed E-state index contributed by atoms with van der Waals surface area (Å²) in [5.74, 6) is 0.0983. The molecule has 2 N–H and O–H groups in total. The van der Waals surface area contributed by atoms with E-state index in [9.17, 15) is 9.59 Å². The zero-order valence-electron chi connectivity index (χ0n) is 16.5. The first-order valence-corrected chi connectivity index (χ1v) is 9.60. The molecule has 1 amide bonds. The molecule has 0 radical (unpaired) electrons. The fourth-order valence-electron chi connectivity index (χ4n) is 3.12. The van der Waals surface area contributed by atoms with Crippen LogP contribution in [0.5, 0.6) is 5.75 Å². The van der Waals surface area contributed by atoms with Crippen LogP contribution >= 0.6 is 0 Å². The summed E-state index contributed by atoms with van der Waals surface area (Å²) < 4.78 is 5.77. The first-order valence-electron chi connectivity index (χ1n) is 9.60. The molecule has 0 aliphatic heterocycles. The van der Waals surface area contributed by atoms with Crippen molar-refractivity contribution >= 4 is 22.5 Å². The van der Waals surface area contributed by atoms with Crippen molar-refractivity contribution in [3.8, 4) is 11.8 Å². The van der Waals surface area contributed by atoms with Crippen LogP contribution in [0.25, 0.3) is 10.9 Å². The third-order valence-electron chi connectivity index (χ3n) is 4.69. The maximum atomic E-state index is 12.6. The van der Waals surface area contributed by atoms with Gasteiger partial charge in [-0.1, -0.05) is 36.4 Å². The van der Waals surface area contributed by atoms with E-state index in [1.807, 2.05) is 30.3 Å². The Morgan fingerprint density at radius 3 is 2.65 bits per heavy atom. The molecule has 0 saturated carbocycles. The van der Waals surface area contributed by atoms with Crippen molar-refractivity contribution in [1.82, 2.24) is 10.2 Å². The Balaban J connectivity index is 1.45. The third kappa shape index (κ3) is 4.60. The highest BCUT2D eigenvalue weighted by molar-refractivity contribution is 6.04. The molecule has 0 aliphatic rings. The Hall–Kier alpha value is -4.44. The van der Waals surface area contributed by atoms with Gasteiger partial charge in [-0.2, -0.15) is 10.4 Å². The number of amides is 1. The Bertz CT molecular complexity index is 1340. The number of aromatic nitrogens is 2. The Morgan fingerprint density at radius 1 is 1.03 bits per heavy atom. The van der Waals surface area contributed by atoms with Crippen LogP contribution in [0.1, 0.15) is 21.6 Å². The molecule has 0 saturated heterocycles. The van der Waals surface area contributed by atoms with Crippen molar-refractivity contribution in [3.05, 3.63) is 99.8 Å². The number of fused-ring (bicyclic) bond motifs is 1. The van der Waals surface area contributed by atoms with Crippen LogP contribution < -0.4 is 15.5 Å². The summed E-state index contributed by atoms with van der Waals surface area (Å²) in [5, 5.41) is 18.5. The van der Waals surface area contributed by atoms with E-state index in [2.05, 4.69) is 21.6 Å². The first kappa shape index (κ1) is 19.9. The number of hydrogen-bond acceptors (Lipinski definition) is 5. The molecule has 1 aromatic heterocycles. The summed E-state index contributed by atoms with van der Waals surface area (Å²) in [6.07, 6.45) is 0.358. The molecule has 31 heavy (non-hydrogen) atoms. The lowest BCUT2D eigenvalue weighted by atomic mass is 10.1. The van der Waals surface area contributed by atoms with Gasteiger partial charge in [0.25, 0.3) is 5.91 Å². The second-order valence-electron chi connectivity index (χ2n) is 6.87. The molecule has 0 atom stereocenters. The normalized spacial score (nSPS) is 10.4. The fraction of sp³-hybridized carbons (Fsp3) is 0.0833. The summed E-state index contributed by atoms with van der Waals surface area (Å²) >= 11 is 0. The van der Waals surface area contributed by atoms with Crippen LogP contribution in [-0.2, 0) is 13.0 Å². The van der Waals surface area contributed by atoms with Crippen LogP contribution in [0, 0.1) is 11.3 Å². The van der Waals surface area contributed by atoms with Gasteiger partial charge in [0.1, 0.15) is 12.4 Å². The predicted octanol–water partition coefficient (Wildman–Crippen LogP) is 3.82. The lowest BCUT2D eigenvalue weighted by Gasteiger charge is -2.09. The molecule has 1 heterocycles. The maximum absolute atomic E-state index is 12.6. The van der Waals surface area contributed by atoms with Gasteiger partial charge in [0.2, 0.25) is 5.43 Å². The van der Waals surface area contributed by atoms with Crippen LogP contribution in [0.3, 0.4) is 0 Å². The summed E-state index contributed by atoms with van der Waals surface area (Å²) in [6.45, 7) is 0.302. The van der Waals surface area contributed by atoms with E-state index in [4.69, 9.17) is 10.00 Å². The van der Waals surface area contributed by atoms with Gasteiger partial charge in [0.05, 0.1) is 18.0 Å². The molecule has 7 heteroatoms. The smallest absolute Gasteiger partial charge is 0.280 e. The van der Waals surface area contributed by atoms with Crippen LogP contribution in [-0.4, -0.2) is 16.1 Å². The largest absolute Gasteiger partial charge is 0.489 e. The lowest BCUT2D eigenvalue weighted by molar-refractivity contribution is 0.102. The summed E-state index contributed by atoms with van der Waals surface area (Å²) in [7, 11) is 0. The number of ether oxygens (including phenoxy) is 1. The van der Waals surface area contributed by atoms with Crippen molar-refractivity contribution in [2.75, 3.05) is 5.32 Å². The van der Waals surface area contributed by atoms with E-state index in [1.54, 1.807) is 42.5 Å². The SMILES string of the molecule is N#CCc1ccc(OCc2cccc(NC(=O)c3n[nH]c4ccccc4c3=O)c2)cc1. The van der Waals surface area contributed by atoms with E-state index >= 15 is 0 Å². The molecule has 0 bridgehead atoms. The predicted molar refractivity (Wildman–Crippen MR) is 117 cm³/mol. The van der Waals surface area contributed by atoms with Crippen molar-refractivity contribution < 1.29 is 9.53 Å². The number of H-pyrrole nitrogens is 1. The minimum atomic E-state index is -0.585. The second kappa shape index (κ2) is 8.93. The first-order chi connectivity index (χ1) is 15.1. The van der Waals surface area contributed by atoms with E-state index in [0.29, 0.717) is 35.4 Å². The van der Waals surface area contributed by atoms with Crippen molar-refractivity contribution in [2.45, 2.75) is 13.0 Å². The number of aromatic amines is 1. The van der Waals surface area contributed by atoms with E-state index in [0.717, 1.165) is 11.1 Å². The Labute approximate surface area is 177 Å². The maximum Gasteiger partial charge on any atom is 0.280 e. The van der Waals surface area contributed by atoms with Crippen molar-refractivity contribution in [1.29, 1.82) is 5.26 Å². The van der Waals surface area contributed by atoms with Gasteiger partial charge in [-0.25, -0.2) is 0 Å².